The van der Waals surface area contributed by atoms with Crippen molar-refractivity contribution in [1.29, 1.82) is 0 Å². The van der Waals surface area contributed by atoms with E-state index in [0.717, 1.165) is 37.0 Å². The van der Waals surface area contributed by atoms with E-state index in [-0.39, 0.29) is 5.41 Å². The molecule has 3 heteroatoms. The van der Waals surface area contributed by atoms with Gasteiger partial charge in [-0.3, -0.25) is 0 Å². The van der Waals surface area contributed by atoms with Gasteiger partial charge in [-0.1, -0.05) is 20.8 Å². The van der Waals surface area contributed by atoms with Crippen LogP contribution in [0.25, 0.3) is 0 Å². The fraction of sp³-hybridized carbons (Fsp3) is 0.769. The summed E-state index contributed by atoms with van der Waals surface area (Å²) in [6.45, 7) is 8.77. The van der Waals surface area contributed by atoms with E-state index in [2.05, 4.69) is 31.1 Å². The Hall–Kier alpha value is -0.830. The molecule has 0 aromatic carbocycles. The van der Waals surface area contributed by atoms with Gasteiger partial charge in [0.05, 0.1) is 5.69 Å². The summed E-state index contributed by atoms with van der Waals surface area (Å²) in [6, 6.07) is 0. The first-order chi connectivity index (χ1) is 7.55. The smallest absolute Gasteiger partial charge is 0.194 e. The molecule has 0 radical (unpaired) electrons. The molecule has 0 aliphatic carbocycles. The minimum atomic E-state index is 0.0931. The van der Waals surface area contributed by atoms with E-state index >= 15 is 0 Å². The van der Waals surface area contributed by atoms with Crippen LogP contribution in [0.2, 0.25) is 0 Å². The van der Waals surface area contributed by atoms with Crippen molar-refractivity contribution in [3.8, 4) is 0 Å². The number of rotatable bonds is 2. The van der Waals surface area contributed by atoms with Gasteiger partial charge in [-0.2, -0.15) is 0 Å². The third-order valence-corrected chi connectivity index (χ3v) is 3.24. The van der Waals surface area contributed by atoms with Gasteiger partial charge in [0.1, 0.15) is 6.26 Å². The second-order valence-corrected chi connectivity index (χ2v) is 5.77. The highest BCUT2D eigenvalue weighted by atomic mass is 16.3. The molecule has 1 fully saturated rings. The molecule has 0 atom stereocenters. The lowest BCUT2D eigenvalue weighted by atomic mass is 9.93. The monoisotopic (exact) mass is 222 g/mol. The van der Waals surface area contributed by atoms with Crippen LogP contribution in [-0.2, 0) is 11.8 Å². The number of oxazole rings is 1. The normalized spacial score (nSPS) is 18.9. The van der Waals surface area contributed by atoms with Crippen LogP contribution < -0.4 is 5.32 Å². The zero-order chi connectivity index (χ0) is 11.6. The first-order valence-corrected chi connectivity index (χ1v) is 6.21. The average molecular weight is 222 g/mol. The molecule has 1 aliphatic rings. The lowest BCUT2D eigenvalue weighted by molar-refractivity contribution is 0.341. The molecule has 2 heterocycles. The van der Waals surface area contributed by atoms with Crippen LogP contribution in [0.4, 0.5) is 0 Å². The topological polar surface area (TPSA) is 38.1 Å². The van der Waals surface area contributed by atoms with E-state index in [4.69, 9.17) is 4.42 Å². The summed E-state index contributed by atoms with van der Waals surface area (Å²) in [5.41, 5.74) is 1.16. The van der Waals surface area contributed by atoms with Gasteiger partial charge in [0.25, 0.3) is 0 Å². The molecule has 90 valence electrons. The molecule has 0 bridgehead atoms. The van der Waals surface area contributed by atoms with E-state index in [0.29, 0.717) is 0 Å². The van der Waals surface area contributed by atoms with Gasteiger partial charge in [0, 0.05) is 11.8 Å². The van der Waals surface area contributed by atoms with E-state index in [1.54, 1.807) is 0 Å². The number of aromatic nitrogens is 1. The number of hydrogen-bond donors (Lipinski definition) is 1. The highest BCUT2D eigenvalue weighted by molar-refractivity contribution is 5.08. The van der Waals surface area contributed by atoms with Gasteiger partial charge < -0.3 is 9.73 Å². The van der Waals surface area contributed by atoms with Gasteiger partial charge >= 0.3 is 0 Å². The summed E-state index contributed by atoms with van der Waals surface area (Å²) in [7, 11) is 0. The minimum absolute atomic E-state index is 0.0931. The predicted octanol–water partition coefficient (Wildman–Crippen LogP) is 2.51. The third-order valence-electron chi connectivity index (χ3n) is 3.24. The van der Waals surface area contributed by atoms with E-state index in [9.17, 15) is 0 Å². The second kappa shape index (κ2) is 4.58. The molecule has 16 heavy (non-hydrogen) atoms. The maximum Gasteiger partial charge on any atom is 0.194 e. The van der Waals surface area contributed by atoms with E-state index in [1.807, 2.05) is 6.26 Å². The van der Waals surface area contributed by atoms with Crippen molar-refractivity contribution in [2.24, 2.45) is 5.92 Å². The molecule has 0 amide bonds. The Labute approximate surface area is 97.6 Å². The summed E-state index contributed by atoms with van der Waals surface area (Å²) in [6.07, 6.45) is 5.30. The number of hydrogen-bond acceptors (Lipinski definition) is 3. The van der Waals surface area contributed by atoms with Gasteiger partial charge in [-0.15, -0.1) is 0 Å². The Morgan fingerprint density at radius 1 is 1.38 bits per heavy atom. The fourth-order valence-corrected chi connectivity index (χ4v) is 2.08. The van der Waals surface area contributed by atoms with Crippen LogP contribution in [0.3, 0.4) is 0 Å². The number of nitrogens with one attached hydrogen (secondary N) is 1. The highest BCUT2D eigenvalue weighted by Gasteiger charge is 2.21. The summed E-state index contributed by atoms with van der Waals surface area (Å²) >= 11 is 0. The van der Waals surface area contributed by atoms with E-state index < -0.39 is 0 Å². The molecule has 0 unspecified atom stereocenters. The first kappa shape index (κ1) is 11.6. The predicted molar refractivity (Wildman–Crippen MR) is 64.5 cm³/mol. The first-order valence-electron chi connectivity index (χ1n) is 6.21. The van der Waals surface area contributed by atoms with Gasteiger partial charge in [0.15, 0.2) is 5.89 Å². The average Bonchev–Trinajstić information content (AvgIpc) is 2.67. The molecule has 1 saturated heterocycles. The highest BCUT2D eigenvalue weighted by Crippen LogP contribution is 2.23. The van der Waals surface area contributed by atoms with Crippen molar-refractivity contribution in [2.75, 3.05) is 13.1 Å². The van der Waals surface area contributed by atoms with Crippen LogP contribution in [-0.4, -0.2) is 18.1 Å². The second-order valence-electron chi connectivity index (χ2n) is 5.77. The lowest BCUT2D eigenvalue weighted by Gasteiger charge is -2.21. The SMILES string of the molecule is CC(C)(C)c1coc(CC2CCNCC2)n1. The third kappa shape index (κ3) is 2.85. The Morgan fingerprint density at radius 3 is 2.62 bits per heavy atom. The molecule has 1 aromatic rings. The van der Waals surface area contributed by atoms with Crippen molar-refractivity contribution in [3.63, 3.8) is 0 Å². The van der Waals surface area contributed by atoms with Crippen LogP contribution in [0, 0.1) is 5.92 Å². The maximum atomic E-state index is 5.56. The fourth-order valence-electron chi connectivity index (χ4n) is 2.08. The van der Waals surface area contributed by atoms with Gasteiger partial charge in [-0.25, -0.2) is 4.98 Å². The molecule has 3 nitrogen and oxygen atoms in total. The van der Waals surface area contributed by atoms with E-state index in [1.165, 1.54) is 12.8 Å². The number of nitrogens with zero attached hydrogens (tertiary/aromatic N) is 1. The largest absolute Gasteiger partial charge is 0.449 e. The molecule has 0 spiro atoms. The molecule has 0 saturated carbocycles. The van der Waals surface area contributed by atoms with Gasteiger partial charge in [0.2, 0.25) is 0 Å². The summed E-state index contributed by atoms with van der Waals surface area (Å²) in [4.78, 5) is 4.59. The Kier molecular flexibility index (Phi) is 3.33. The van der Waals surface area contributed by atoms with Crippen LogP contribution in [0.15, 0.2) is 10.7 Å². The zero-order valence-corrected chi connectivity index (χ0v) is 10.5. The van der Waals surface area contributed by atoms with Crippen LogP contribution in [0.5, 0.6) is 0 Å². The van der Waals surface area contributed by atoms with Crippen molar-refractivity contribution in [3.05, 3.63) is 17.8 Å². The molecule has 1 N–H and O–H groups in total. The molecule has 2 rings (SSSR count). The van der Waals surface area contributed by atoms with Crippen molar-refractivity contribution in [1.82, 2.24) is 10.3 Å². The zero-order valence-electron chi connectivity index (χ0n) is 10.5. The summed E-state index contributed by atoms with van der Waals surface area (Å²) in [5.74, 6) is 1.66. The molecule has 1 aliphatic heterocycles. The van der Waals surface area contributed by atoms with Crippen LogP contribution >= 0.6 is 0 Å². The Balaban J connectivity index is 1.97. The molecular formula is C13H22N2O. The summed E-state index contributed by atoms with van der Waals surface area (Å²) < 4.78 is 5.56. The lowest BCUT2D eigenvalue weighted by Crippen LogP contribution is -2.28. The molecule has 1 aromatic heterocycles. The van der Waals surface area contributed by atoms with Crippen LogP contribution in [0.1, 0.15) is 45.2 Å². The number of piperidine rings is 1. The quantitative estimate of drug-likeness (QED) is 0.835. The Bertz CT molecular complexity index is 332. The molecular weight excluding hydrogens is 200 g/mol. The van der Waals surface area contributed by atoms with Crippen molar-refractivity contribution >= 4 is 0 Å². The maximum absolute atomic E-state index is 5.56. The Morgan fingerprint density at radius 2 is 2.06 bits per heavy atom. The summed E-state index contributed by atoms with van der Waals surface area (Å²) in [5, 5.41) is 3.38. The van der Waals surface area contributed by atoms with Gasteiger partial charge in [-0.05, 0) is 31.8 Å². The van der Waals surface area contributed by atoms with Crippen molar-refractivity contribution in [2.45, 2.75) is 45.4 Å². The minimum Gasteiger partial charge on any atom is -0.449 e. The standard InChI is InChI=1S/C13H22N2O/c1-13(2,3)11-9-16-12(15-11)8-10-4-6-14-7-5-10/h9-10,14H,4-8H2,1-3H3. The van der Waals surface area contributed by atoms with Crippen molar-refractivity contribution < 1.29 is 4.42 Å².